The summed E-state index contributed by atoms with van der Waals surface area (Å²) < 4.78 is 14.3. The van der Waals surface area contributed by atoms with Crippen molar-refractivity contribution in [3.63, 3.8) is 0 Å². The van der Waals surface area contributed by atoms with E-state index in [0.29, 0.717) is 12.1 Å². The molecule has 1 aromatic heterocycles. The molecular weight excluding hydrogens is 337 g/mol. The smallest absolute Gasteiger partial charge is 0.317 e. The maximum atomic E-state index is 13.6. The van der Waals surface area contributed by atoms with Crippen molar-refractivity contribution in [1.29, 1.82) is 0 Å². The topological polar surface area (TPSA) is 45.2 Å². The fourth-order valence-electron chi connectivity index (χ4n) is 1.79. The van der Waals surface area contributed by atoms with Crippen molar-refractivity contribution in [1.82, 2.24) is 15.2 Å². The van der Waals surface area contributed by atoms with Gasteiger partial charge in [-0.1, -0.05) is 22.0 Å². The summed E-state index contributed by atoms with van der Waals surface area (Å²) in [6.45, 7) is 0.532. The third-order valence-corrected chi connectivity index (χ3v) is 3.40. The molecule has 1 aromatic carbocycles. The lowest BCUT2D eigenvalue weighted by Gasteiger charge is -2.17. The zero-order valence-electron chi connectivity index (χ0n) is 11.5. The number of hydrogen-bond donors (Lipinski definition) is 1. The van der Waals surface area contributed by atoms with Crippen LogP contribution in [0.5, 0.6) is 0 Å². The molecule has 0 radical (unpaired) electrons. The highest BCUT2D eigenvalue weighted by Crippen LogP contribution is 2.15. The molecule has 0 fully saturated rings. The lowest BCUT2D eigenvalue weighted by atomic mass is 10.2. The van der Waals surface area contributed by atoms with Crippen molar-refractivity contribution >= 4 is 22.0 Å². The van der Waals surface area contributed by atoms with Gasteiger partial charge in [-0.15, -0.1) is 0 Å². The van der Waals surface area contributed by atoms with Crippen LogP contribution in [-0.4, -0.2) is 23.0 Å². The fraction of sp³-hybridized carbons (Fsp3) is 0.200. The first-order chi connectivity index (χ1) is 10.1. The second-order valence-corrected chi connectivity index (χ2v) is 5.49. The SMILES string of the molecule is CN(Cc1ccccn1)C(=O)NCc1cc(Br)ccc1F. The number of amides is 2. The lowest BCUT2D eigenvalue weighted by Crippen LogP contribution is -2.36. The van der Waals surface area contributed by atoms with E-state index in [9.17, 15) is 9.18 Å². The summed E-state index contributed by atoms with van der Waals surface area (Å²) >= 11 is 3.28. The summed E-state index contributed by atoms with van der Waals surface area (Å²) in [4.78, 5) is 17.6. The van der Waals surface area contributed by atoms with Crippen LogP contribution in [0.25, 0.3) is 0 Å². The van der Waals surface area contributed by atoms with Crippen LogP contribution in [0, 0.1) is 5.82 Å². The second-order valence-electron chi connectivity index (χ2n) is 4.57. The van der Waals surface area contributed by atoms with Crippen LogP contribution in [-0.2, 0) is 13.1 Å². The summed E-state index contributed by atoms with van der Waals surface area (Å²) in [5.41, 5.74) is 1.23. The minimum atomic E-state index is -0.342. The van der Waals surface area contributed by atoms with Crippen molar-refractivity contribution in [3.05, 3.63) is 64.1 Å². The maximum absolute atomic E-state index is 13.6. The molecule has 0 atom stereocenters. The molecule has 1 N–H and O–H groups in total. The number of carbonyl (C=O) groups excluding carboxylic acids is 1. The molecule has 0 spiro atoms. The minimum Gasteiger partial charge on any atom is -0.334 e. The Kier molecular flexibility index (Phi) is 5.27. The monoisotopic (exact) mass is 351 g/mol. The summed E-state index contributed by atoms with van der Waals surface area (Å²) in [5, 5.41) is 2.69. The Morgan fingerprint density at radius 2 is 2.19 bits per heavy atom. The number of hydrogen-bond acceptors (Lipinski definition) is 2. The first-order valence-corrected chi connectivity index (χ1v) is 7.18. The number of nitrogens with zero attached hydrogens (tertiary/aromatic N) is 2. The summed E-state index contributed by atoms with van der Waals surface area (Å²) in [6.07, 6.45) is 1.68. The van der Waals surface area contributed by atoms with Crippen LogP contribution in [0.2, 0.25) is 0 Å². The van der Waals surface area contributed by atoms with Crippen molar-refractivity contribution in [2.75, 3.05) is 7.05 Å². The van der Waals surface area contributed by atoms with Gasteiger partial charge in [0, 0.05) is 29.8 Å². The standard InChI is InChI=1S/C15H15BrFN3O/c1-20(10-13-4-2-3-7-18-13)15(21)19-9-11-8-12(16)5-6-14(11)17/h2-8H,9-10H2,1H3,(H,19,21). The number of rotatable bonds is 4. The number of benzene rings is 1. The van der Waals surface area contributed by atoms with Crippen LogP contribution >= 0.6 is 15.9 Å². The number of urea groups is 1. The molecular formula is C15H15BrFN3O. The Balaban J connectivity index is 1.91. The van der Waals surface area contributed by atoms with Crippen LogP contribution in [0.3, 0.4) is 0 Å². The molecule has 0 aliphatic carbocycles. The molecule has 1 heterocycles. The van der Waals surface area contributed by atoms with Gasteiger partial charge < -0.3 is 10.2 Å². The lowest BCUT2D eigenvalue weighted by molar-refractivity contribution is 0.206. The van der Waals surface area contributed by atoms with Crippen molar-refractivity contribution in [2.45, 2.75) is 13.1 Å². The van der Waals surface area contributed by atoms with E-state index < -0.39 is 0 Å². The van der Waals surface area contributed by atoms with Crippen molar-refractivity contribution in [3.8, 4) is 0 Å². The predicted molar refractivity (Wildman–Crippen MR) is 82.0 cm³/mol. The van der Waals surface area contributed by atoms with Crippen LogP contribution in [0.15, 0.2) is 47.1 Å². The zero-order valence-corrected chi connectivity index (χ0v) is 13.1. The van der Waals surface area contributed by atoms with E-state index in [0.717, 1.165) is 10.2 Å². The van der Waals surface area contributed by atoms with Crippen LogP contribution < -0.4 is 5.32 Å². The first kappa shape index (κ1) is 15.4. The van der Waals surface area contributed by atoms with E-state index in [1.807, 2.05) is 18.2 Å². The van der Waals surface area contributed by atoms with Crippen molar-refractivity contribution < 1.29 is 9.18 Å². The molecule has 6 heteroatoms. The first-order valence-electron chi connectivity index (χ1n) is 6.39. The molecule has 21 heavy (non-hydrogen) atoms. The maximum Gasteiger partial charge on any atom is 0.317 e. The molecule has 110 valence electrons. The van der Waals surface area contributed by atoms with E-state index >= 15 is 0 Å². The van der Waals surface area contributed by atoms with E-state index in [-0.39, 0.29) is 18.4 Å². The Hall–Kier alpha value is -1.95. The van der Waals surface area contributed by atoms with Gasteiger partial charge in [-0.3, -0.25) is 4.98 Å². The molecule has 2 aromatic rings. The predicted octanol–water partition coefficient (Wildman–Crippen LogP) is 3.32. The third-order valence-electron chi connectivity index (χ3n) is 2.91. The minimum absolute atomic E-state index is 0.136. The van der Waals surface area contributed by atoms with Gasteiger partial charge in [0.15, 0.2) is 0 Å². The van der Waals surface area contributed by atoms with Crippen LogP contribution in [0.1, 0.15) is 11.3 Å². The Labute approximate surface area is 131 Å². The summed E-state index contributed by atoms with van der Waals surface area (Å²) in [5.74, 6) is -0.342. The molecule has 0 unspecified atom stereocenters. The number of aromatic nitrogens is 1. The van der Waals surface area contributed by atoms with Gasteiger partial charge in [0.25, 0.3) is 0 Å². The summed E-state index contributed by atoms with van der Waals surface area (Å²) in [6, 6.07) is 9.88. The Morgan fingerprint density at radius 1 is 1.38 bits per heavy atom. The second kappa shape index (κ2) is 7.17. The number of carbonyl (C=O) groups is 1. The highest BCUT2D eigenvalue weighted by Gasteiger charge is 2.10. The average molecular weight is 352 g/mol. The van der Waals surface area contributed by atoms with Gasteiger partial charge in [-0.05, 0) is 30.3 Å². The number of pyridine rings is 1. The quantitative estimate of drug-likeness (QED) is 0.918. The molecule has 0 aliphatic heterocycles. The molecule has 0 aliphatic rings. The van der Waals surface area contributed by atoms with Gasteiger partial charge >= 0.3 is 6.03 Å². The molecule has 0 saturated carbocycles. The van der Waals surface area contributed by atoms with Gasteiger partial charge in [0.05, 0.1) is 12.2 Å². The molecule has 4 nitrogen and oxygen atoms in total. The van der Waals surface area contributed by atoms with Crippen LogP contribution in [0.4, 0.5) is 9.18 Å². The van der Waals surface area contributed by atoms with E-state index in [1.165, 1.54) is 11.0 Å². The van der Waals surface area contributed by atoms with Crippen molar-refractivity contribution in [2.24, 2.45) is 0 Å². The average Bonchev–Trinajstić information content (AvgIpc) is 2.49. The summed E-state index contributed by atoms with van der Waals surface area (Å²) in [7, 11) is 1.67. The van der Waals surface area contributed by atoms with Gasteiger partial charge in [0.2, 0.25) is 0 Å². The third kappa shape index (κ3) is 4.53. The van der Waals surface area contributed by atoms with E-state index in [2.05, 4.69) is 26.2 Å². The van der Waals surface area contributed by atoms with Gasteiger partial charge in [-0.2, -0.15) is 0 Å². The highest BCUT2D eigenvalue weighted by molar-refractivity contribution is 9.10. The zero-order chi connectivity index (χ0) is 15.2. The Bertz CT molecular complexity index is 622. The molecule has 0 bridgehead atoms. The molecule has 0 saturated heterocycles. The van der Waals surface area contributed by atoms with Gasteiger partial charge in [-0.25, -0.2) is 9.18 Å². The van der Waals surface area contributed by atoms with E-state index in [4.69, 9.17) is 0 Å². The Morgan fingerprint density at radius 3 is 2.90 bits per heavy atom. The van der Waals surface area contributed by atoms with Gasteiger partial charge in [0.1, 0.15) is 5.82 Å². The molecule has 2 amide bonds. The normalized spacial score (nSPS) is 10.2. The number of halogens is 2. The van der Waals surface area contributed by atoms with E-state index in [1.54, 1.807) is 25.4 Å². The largest absolute Gasteiger partial charge is 0.334 e. The highest BCUT2D eigenvalue weighted by atomic mass is 79.9. The molecule has 2 rings (SSSR count). The number of nitrogens with one attached hydrogen (secondary N) is 1. The fourth-order valence-corrected chi connectivity index (χ4v) is 2.20.